The molecule has 5 rings (SSSR count). The Hall–Kier alpha value is -3.93. The largest absolute Gasteiger partial charge is 0.345 e. The molecule has 0 fully saturated rings. The topological polar surface area (TPSA) is 86.9 Å². The number of carbonyl (C=O) groups excluding carboxylic acids is 2. The third-order valence-electron chi connectivity index (χ3n) is 5.40. The number of para-hydroxylation sites is 2. The van der Waals surface area contributed by atoms with Crippen molar-refractivity contribution in [3.63, 3.8) is 0 Å². The molecular formula is C24H20N4O2. The monoisotopic (exact) mass is 396 g/mol. The van der Waals surface area contributed by atoms with Gasteiger partial charge in [0.05, 0.1) is 23.5 Å². The fraction of sp³-hybridized carbons (Fsp3) is 0.125. The summed E-state index contributed by atoms with van der Waals surface area (Å²) in [6.07, 6.45) is 0.159. The third kappa shape index (κ3) is 3.33. The third-order valence-corrected chi connectivity index (χ3v) is 5.40. The molecule has 0 aliphatic carbocycles. The van der Waals surface area contributed by atoms with Gasteiger partial charge in [-0.1, -0.05) is 60.7 Å². The average molecular weight is 396 g/mol. The molecule has 0 unspecified atom stereocenters. The molecule has 4 aromatic rings. The molecule has 30 heavy (non-hydrogen) atoms. The number of hydrogen-bond acceptors (Lipinski definition) is 3. The zero-order valence-electron chi connectivity index (χ0n) is 16.1. The fourth-order valence-electron chi connectivity index (χ4n) is 3.95. The van der Waals surface area contributed by atoms with Crippen LogP contribution in [0.15, 0.2) is 78.9 Å². The molecule has 2 heterocycles. The van der Waals surface area contributed by atoms with E-state index in [2.05, 4.69) is 20.6 Å². The summed E-state index contributed by atoms with van der Waals surface area (Å²) in [7, 11) is 0. The number of nitrogens with zero attached hydrogens (tertiary/aromatic N) is 1. The highest BCUT2D eigenvalue weighted by Gasteiger charge is 2.30. The molecule has 0 saturated heterocycles. The van der Waals surface area contributed by atoms with E-state index < -0.39 is 6.04 Å². The molecule has 1 aromatic heterocycles. The number of benzene rings is 3. The van der Waals surface area contributed by atoms with E-state index in [0.717, 1.165) is 22.2 Å². The molecule has 3 N–H and O–H groups in total. The zero-order valence-corrected chi connectivity index (χ0v) is 16.1. The van der Waals surface area contributed by atoms with Gasteiger partial charge in [0.25, 0.3) is 5.91 Å². The second-order valence-electron chi connectivity index (χ2n) is 7.37. The lowest BCUT2D eigenvalue weighted by Crippen LogP contribution is -2.33. The van der Waals surface area contributed by atoms with Crippen molar-refractivity contribution in [2.45, 2.75) is 18.5 Å². The number of carbonyl (C=O) groups is 2. The van der Waals surface area contributed by atoms with Gasteiger partial charge in [-0.3, -0.25) is 9.59 Å². The van der Waals surface area contributed by atoms with E-state index in [1.54, 1.807) is 6.07 Å². The maximum atomic E-state index is 13.0. The molecule has 0 radical (unpaired) electrons. The van der Waals surface area contributed by atoms with Crippen molar-refractivity contribution in [3.05, 3.63) is 101 Å². The first-order valence-electron chi connectivity index (χ1n) is 9.88. The van der Waals surface area contributed by atoms with Crippen molar-refractivity contribution in [1.29, 1.82) is 0 Å². The molecule has 148 valence electrons. The number of amides is 2. The minimum Gasteiger partial charge on any atom is -0.345 e. The molecule has 0 bridgehead atoms. The average Bonchev–Trinajstić information content (AvgIpc) is 3.34. The van der Waals surface area contributed by atoms with Crippen LogP contribution in [0.3, 0.4) is 0 Å². The Morgan fingerprint density at radius 1 is 0.967 bits per heavy atom. The number of aromatic amines is 1. The smallest absolute Gasteiger partial charge is 0.252 e. The summed E-state index contributed by atoms with van der Waals surface area (Å²) in [4.78, 5) is 33.2. The van der Waals surface area contributed by atoms with Gasteiger partial charge < -0.3 is 15.6 Å². The van der Waals surface area contributed by atoms with Gasteiger partial charge in [0.15, 0.2) is 0 Å². The van der Waals surface area contributed by atoms with E-state index in [9.17, 15) is 9.59 Å². The Labute approximate surface area is 173 Å². The highest BCUT2D eigenvalue weighted by Crippen LogP contribution is 2.28. The van der Waals surface area contributed by atoms with Crippen LogP contribution < -0.4 is 10.6 Å². The zero-order chi connectivity index (χ0) is 20.5. The Morgan fingerprint density at radius 3 is 2.53 bits per heavy atom. The van der Waals surface area contributed by atoms with Crippen LogP contribution in [-0.2, 0) is 4.79 Å². The highest BCUT2D eigenvalue weighted by atomic mass is 16.2. The Morgan fingerprint density at radius 2 is 1.70 bits per heavy atom. The summed E-state index contributed by atoms with van der Waals surface area (Å²) in [5, 5.41) is 6.00. The standard InChI is InChI=1S/C24H20N4O2/c29-21(14-20-16-10-4-5-11-17(16)24(30)27-20)28-22(15-8-2-1-3-9-15)23-25-18-12-6-7-13-19(18)26-23/h1-13,20,22H,14H2,(H,25,26)(H,27,30)(H,28,29)/t20-,22+/m0/s1. The van der Waals surface area contributed by atoms with E-state index in [1.165, 1.54) is 0 Å². The fourth-order valence-corrected chi connectivity index (χ4v) is 3.95. The molecule has 2 atom stereocenters. The van der Waals surface area contributed by atoms with Crippen LogP contribution in [0, 0.1) is 0 Å². The van der Waals surface area contributed by atoms with Gasteiger partial charge in [0.1, 0.15) is 11.9 Å². The lowest BCUT2D eigenvalue weighted by atomic mass is 10.0. The molecule has 1 aliphatic heterocycles. The van der Waals surface area contributed by atoms with Crippen molar-refractivity contribution in [1.82, 2.24) is 20.6 Å². The molecule has 3 aromatic carbocycles. The van der Waals surface area contributed by atoms with Crippen LogP contribution in [0.25, 0.3) is 11.0 Å². The molecule has 0 spiro atoms. The normalized spacial score (nSPS) is 16.1. The van der Waals surface area contributed by atoms with Crippen molar-refractivity contribution in [3.8, 4) is 0 Å². The Bertz CT molecular complexity index is 1200. The van der Waals surface area contributed by atoms with Gasteiger partial charge in [-0.25, -0.2) is 4.98 Å². The first-order chi connectivity index (χ1) is 14.7. The van der Waals surface area contributed by atoms with Crippen LogP contribution >= 0.6 is 0 Å². The molecule has 6 heteroatoms. The highest BCUT2D eigenvalue weighted by molar-refractivity contribution is 5.99. The summed E-state index contributed by atoms with van der Waals surface area (Å²) >= 11 is 0. The number of imidazole rings is 1. The first-order valence-corrected chi connectivity index (χ1v) is 9.88. The number of H-pyrrole nitrogens is 1. The summed E-state index contributed by atoms with van der Waals surface area (Å²) in [6.45, 7) is 0. The maximum absolute atomic E-state index is 13.0. The van der Waals surface area contributed by atoms with E-state index >= 15 is 0 Å². The minimum atomic E-state index is -0.418. The molecule has 6 nitrogen and oxygen atoms in total. The predicted octanol–water partition coefficient (Wildman–Crippen LogP) is 3.64. The van der Waals surface area contributed by atoms with Crippen LogP contribution in [0.5, 0.6) is 0 Å². The maximum Gasteiger partial charge on any atom is 0.252 e. The Balaban J connectivity index is 1.42. The van der Waals surface area contributed by atoms with Crippen LogP contribution in [0.2, 0.25) is 0 Å². The quantitative estimate of drug-likeness (QED) is 0.481. The summed E-state index contributed by atoms with van der Waals surface area (Å²) in [6, 6.07) is 24.1. The van der Waals surface area contributed by atoms with Gasteiger partial charge in [0.2, 0.25) is 5.91 Å². The second-order valence-corrected chi connectivity index (χ2v) is 7.37. The molecule has 1 aliphatic rings. The van der Waals surface area contributed by atoms with Crippen molar-refractivity contribution in [2.75, 3.05) is 0 Å². The summed E-state index contributed by atoms with van der Waals surface area (Å²) < 4.78 is 0. The van der Waals surface area contributed by atoms with E-state index in [0.29, 0.717) is 11.4 Å². The van der Waals surface area contributed by atoms with Crippen LogP contribution in [0.4, 0.5) is 0 Å². The van der Waals surface area contributed by atoms with Crippen LogP contribution in [0.1, 0.15) is 45.8 Å². The molecule has 2 amide bonds. The van der Waals surface area contributed by atoms with Crippen molar-refractivity contribution < 1.29 is 9.59 Å². The van der Waals surface area contributed by atoms with Crippen molar-refractivity contribution in [2.24, 2.45) is 0 Å². The summed E-state index contributed by atoms with van der Waals surface area (Å²) in [5.74, 6) is 0.373. The van der Waals surface area contributed by atoms with Gasteiger partial charge in [0, 0.05) is 5.56 Å². The number of hydrogen-bond donors (Lipinski definition) is 3. The number of nitrogens with one attached hydrogen (secondary N) is 3. The number of rotatable bonds is 5. The van der Waals surface area contributed by atoms with Gasteiger partial charge >= 0.3 is 0 Å². The lowest BCUT2D eigenvalue weighted by molar-refractivity contribution is -0.122. The second kappa shape index (κ2) is 7.48. The van der Waals surface area contributed by atoms with Gasteiger partial charge in [-0.05, 0) is 29.3 Å². The molecular weight excluding hydrogens is 376 g/mol. The van der Waals surface area contributed by atoms with Crippen molar-refractivity contribution >= 4 is 22.8 Å². The minimum absolute atomic E-state index is 0.139. The van der Waals surface area contributed by atoms with E-state index in [1.807, 2.05) is 72.8 Å². The van der Waals surface area contributed by atoms with Gasteiger partial charge in [-0.2, -0.15) is 0 Å². The SMILES string of the molecule is O=C(C[C@@H]1NC(=O)c2ccccc21)N[C@H](c1ccccc1)c1nc2ccccc2[nH]1. The Kier molecular flexibility index (Phi) is 4.52. The first kappa shape index (κ1) is 18.1. The van der Waals surface area contributed by atoms with Crippen LogP contribution in [-0.4, -0.2) is 21.8 Å². The molecule has 0 saturated carbocycles. The predicted molar refractivity (Wildman–Crippen MR) is 114 cm³/mol. The van der Waals surface area contributed by atoms with E-state index in [-0.39, 0.29) is 24.3 Å². The summed E-state index contributed by atoms with van der Waals surface area (Å²) in [5.41, 5.74) is 4.19. The number of fused-ring (bicyclic) bond motifs is 2. The lowest BCUT2D eigenvalue weighted by Gasteiger charge is -2.19. The number of aromatic nitrogens is 2. The van der Waals surface area contributed by atoms with Gasteiger partial charge in [-0.15, -0.1) is 0 Å². The van der Waals surface area contributed by atoms with E-state index in [4.69, 9.17) is 0 Å².